The van der Waals surface area contributed by atoms with E-state index in [0.29, 0.717) is 38.2 Å². The number of hydrogen-bond acceptors (Lipinski definition) is 5. The Morgan fingerprint density at radius 1 is 1.39 bits per heavy atom. The summed E-state index contributed by atoms with van der Waals surface area (Å²) in [4.78, 5) is 26.7. The van der Waals surface area contributed by atoms with Gasteiger partial charge in [-0.3, -0.25) is 14.9 Å². The summed E-state index contributed by atoms with van der Waals surface area (Å²) in [6.45, 7) is 2.62. The van der Waals surface area contributed by atoms with E-state index in [1.165, 1.54) is 6.07 Å². The number of aryl methyl sites for hydroxylation is 1. The molecule has 1 aliphatic heterocycles. The van der Waals surface area contributed by atoms with Crippen molar-refractivity contribution in [3.63, 3.8) is 0 Å². The molecule has 8 nitrogen and oxygen atoms in total. The lowest BCUT2D eigenvalue weighted by Crippen LogP contribution is -2.36. The Kier molecular flexibility index (Phi) is 4.16. The number of nitrogens with one attached hydrogen (secondary N) is 1. The zero-order valence-corrected chi connectivity index (χ0v) is 12.4. The van der Waals surface area contributed by atoms with E-state index in [1.54, 1.807) is 12.3 Å². The number of rotatable bonds is 5. The molecule has 2 heterocycles. The van der Waals surface area contributed by atoms with Crippen LogP contribution in [0, 0.1) is 10.1 Å². The molecule has 1 aromatic carbocycles. The number of nitro groups is 1. The number of carboxylic acids is 1. The van der Waals surface area contributed by atoms with Crippen molar-refractivity contribution in [3.05, 3.63) is 34.0 Å². The highest BCUT2D eigenvalue weighted by Crippen LogP contribution is 2.36. The van der Waals surface area contributed by atoms with Gasteiger partial charge in [0.1, 0.15) is 5.52 Å². The van der Waals surface area contributed by atoms with Gasteiger partial charge < -0.3 is 19.7 Å². The van der Waals surface area contributed by atoms with Crippen LogP contribution in [0.1, 0.15) is 12.0 Å². The van der Waals surface area contributed by atoms with Crippen molar-refractivity contribution in [2.75, 3.05) is 31.2 Å². The molecule has 8 heteroatoms. The summed E-state index contributed by atoms with van der Waals surface area (Å²) in [6, 6.07) is 3.23. The first-order chi connectivity index (χ1) is 11.1. The number of benzene rings is 1. The van der Waals surface area contributed by atoms with Gasteiger partial charge in [-0.05, 0) is 18.1 Å². The number of H-pyrrole nitrogens is 1. The van der Waals surface area contributed by atoms with Gasteiger partial charge >= 0.3 is 5.97 Å². The molecule has 0 bridgehead atoms. The van der Waals surface area contributed by atoms with Gasteiger partial charge in [0, 0.05) is 42.8 Å². The van der Waals surface area contributed by atoms with Gasteiger partial charge in [-0.1, -0.05) is 0 Å². The fourth-order valence-electron chi connectivity index (χ4n) is 2.94. The van der Waals surface area contributed by atoms with Crippen LogP contribution < -0.4 is 4.90 Å². The number of anilines is 1. The van der Waals surface area contributed by atoms with Crippen molar-refractivity contribution in [1.82, 2.24) is 4.98 Å². The van der Waals surface area contributed by atoms with Crippen LogP contribution in [0.3, 0.4) is 0 Å². The summed E-state index contributed by atoms with van der Waals surface area (Å²) >= 11 is 0. The zero-order valence-electron chi connectivity index (χ0n) is 12.4. The Morgan fingerprint density at radius 2 is 2.13 bits per heavy atom. The highest BCUT2D eigenvalue weighted by atomic mass is 16.6. The number of aliphatic carboxylic acids is 1. The third-order valence-electron chi connectivity index (χ3n) is 4.03. The Balaban J connectivity index is 2.10. The molecule has 23 heavy (non-hydrogen) atoms. The van der Waals surface area contributed by atoms with Gasteiger partial charge in [0.2, 0.25) is 0 Å². The minimum atomic E-state index is -0.891. The molecule has 0 amide bonds. The van der Waals surface area contributed by atoms with Gasteiger partial charge in [0.15, 0.2) is 0 Å². The van der Waals surface area contributed by atoms with E-state index in [2.05, 4.69) is 9.88 Å². The van der Waals surface area contributed by atoms with Gasteiger partial charge in [0.05, 0.1) is 18.1 Å². The Bertz CT molecular complexity index is 749. The van der Waals surface area contributed by atoms with Crippen LogP contribution in [0.25, 0.3) is 10.9 Å². The molecule has 0 unspecified atom stereocenters. The molecule has 2 N–H and O–H groups in total. The van der Waals surface area contributed by atoms with Crippen LogP contribution in [-0.2, 0) is 16.0 Å². The predicted molar refractivity (Wildman–Crippen MR) is 83.9 cm³/mol. The maximum absolute atomic E-state index is 11.2. The lowest BCUT2D eigenvalue weighted by Gasteiger charge is -2.29. The summed E-state index contributed by atoms with van der Waals surface area (Å²) < 4.78 is 5.35. The number of ether oxygens (including phenoxy) is 1. The summed E-state index contributed by atoms with van der Waals surface area (Å²) in [5.41, 5.74) is 2.11. The first-order valence-electron chi connectivity index (χ1n) is 7.40. The maximum Gasteiger partial charge on any atom is 0.303 e. The molecule has 0 atom stereocenters. The number of morpholine rings is 1. The van der Waals surface area contributed by atoms with Gasteiger partial charge in [-0.15, -0.1) is 0 Å². The quantitative estimate of drug-likeness (QED) is 0.644. The molecule has 1 fully saturated rings. The third-order valence-corrected chi connectivity index (χ3v) is 4.03. The van der Waals surface area contributed by atoms with Crippen LogP contribution in [-0.4, -0.2) is 47.3 Å². The normalized spacial score (nSPS) is 15.0. The van der Waals surface area contributed by atoms with Crippen LogP contribution in [0.4, 0.5) is 11.4 Å². The van der Waals surface area contributed by atoms with Crippen molar-refractivity contribution in [3.8, 4) is 0 Å². The van der Waals surface area contributed by atoms with Crippen molar-refractivity contribution in [2.45, 2.75) is 12.8 Å². The summed E-state index contributed by atoms with van der Waals surface area (Å²) in [5.74, 6) is -0.891. The van der Waals surface area contributed by atoms with E-state index < -0.39 is 10.9 Å². The standard InChI is InChI=1S/C15H17N3O5/c19-13(20)4-1-10-9-16-15-12(18(21)22)3-2-11(14(10)15)17-5-7-23-8-6-17/h2-3,9,16H,1,4-8H2,(H,19,20). The van der Waals surface area contributed by atoms with Crippen molar-refractivity contribution >= 4 is 28.2 Å². The topological polar surface area (TPSA) is 109 Å². The van der Waals surface area contributed by atoms with E-state index in [1.807, 2.05) is 0 Å². The van der Waals surface area contributed by atoms with Gasteiger partial charge in [-0.2, -0.15) is 0 Å². The van der Waals surface area contributed by atoms with E-state index in [-0.39, 0.29) is 12.1 Å². The molecule has 1 saturated heterocycles. The van der Waals surface area contributed by atoms with Gasteiger partial charge in [-0.25, -0.2) is 0 Å². The van der Waals surface area contributed by atoms with Crippen molar-refractivity contribution in [2.24, 2.45) is 0 Å². The molecule has 2 aromatic rings. The highest BCUT2D eigenvalue weighted by molar-refractivity contribution is 6.00. The Morgan fingerprint density at radius 3 is 2.78 bits per heavy atom. The van der Waals surface area contributed by atoms with E-state index in [0.717, 1.165) is 16.6 Å². The first-order valence-corrected chi connectivity index (χ1v) is 7.40. The molecule has 0 aliphatic carbocycles. The second-order valence-electron chi connectivity index (χ2n) is 5.42. The number of fused-ring (bicyclic) bond motifs is 1. The Labute approximate surface area is 131 Å². The number of nitro benzene ring substituents is 1. The smallest absolute Gasteiger partial charge is 0.303 e. The molecular formula is C15H17N3O5. The lowest BCUT2D eigenvalue weighted by molar-refractivity contribution is -0.383. The number of nitrogens with zero attached hydrogens (tertiary/aromatic N) is 2. The number of hydrogen-bond donors (Lipinski definition) is 2. The van der Waals surface area contributed by atoms with Crippen LogP contribution >= 0.6 is 0 Å². The fraction of sp³-hybridized carbons (Fsp3) is 0.400. The summed E-state index contributed by atoms with van der Waals surface area (Å²) in [5, 5.41) is 20.9. The molecule has 0 saturated carbocycles. The van der Waals surface area contributed by atoms with E-state index in [4.69, 9.17) is 9.84 Å². The second-order valence-corrected chi connectivity index (χ2v) is 5.42. The monoisotopic (exact) mass is 319 g/mol. The zero-order chi connectivity index (χ0) is 16.4. The largest absolute Gasteiger partial charge is 0.481 e. The number of carboxylic acid groups (broad SMARTS) is 1. The molecule has 0 radical (unpaired) electrons. The molecule has 0 spiro atoms. The highest BCUT2D eigenvalue weighted by Gasteiger charge is 2.22. The molecule has 122 valence electrons. The Hall–Kier alpha value is -2.61. The second kappa shape index (κ2) is 6.25. The number of aromatic nitrogens is 1. The average molecular weight is 319 g/mol. The molecule has 1 aliphatic rings. The SMILES string of the molecule is O=C(O)CCc1c[nH]c2c([N+](=O)[O-])ccc(N3CCOCC3)c12. The number of aromatic amines is 1. The molecular weight excluding hydrogens is 302 g/mol. The van der Waals surface area contributed by atoms with E-state index in [9.17, 15) is 14.9 Å². The molecule has 1 aromatic heterocycles. The van der Waals surface area contributed by atoms with Crippen LogP contribution in [0.2, 0.25) is 0 Å². The summed E-state index contributed by atoms with van der Waals surface area (Å²) in [6.07, 6.45) is 1.98. The number of non-ortho nitro benzene ring substituents is 1. The minimum absolute atomic E-state index is 0.00131. The van der Waals surface area contributed by atoms with Crippen LogP contribution in [0.15, 0.2) is 18.3 Å². The first kappa shape index (κ1) is 15.3. The fourth-order valence-corrected chi connectivity index (χ4v) is 2.94. The summed E-state index contributed by atoms with van der Waals surface area (Å²) in [7, 11) is 0. The predicted octanol–water partition coefficient (Wildman–Crippen LogP) is 1.93. The minimum Gasteiger partial charge on any atom is -0.481 e. The number of carbonyl (C=O) groups is 1. The maximum atomic E-state index is 11.2. The van der Waals surface area contributed by atoms with Gasteiger partial charge in [0.25, 0.3) is 5.69 Å². The molecule has 3 rings (SSSR count). The van der Waals surface area contributed by atoms with Crippen LogP contribution in [0.5, 0.6) is 0 Å². The lowest BCUT2D eigenvalue weighted by atomic mass is 10.0. The third kappa shape index (κ3) is 2.98. The van der Waals surface area contributed by atoms with Crippen molar-refractivity contribution in [1.29, 1.82) is 0 Å². The van der Waals surface area contributed by atoms with Crippen molar-refractivity contribution < 1.29 is 19.6 Å². The average Bonchev–Trinajstić information content (AvgIpc) is 2.96. The van der Waals surface area contributed by atoms with E-state index >= 15 is 0 Å².